The zero-order valence-corrected chi connectivity index (χ0v) is 28.0. The second-order valence-corrected chi connectivity index (χ2v) is 13.4. The Morgan fingerprint density at radius 2 is 1.81 bits per heavy atom. The van der Waals surface area contributed by atoms with Crippen molar-refractivity contribution in [3.05, 3.63) is 70.3 Å². The molecule has 0 amide bonds. The number of aromatic nitrogens is 1. The number of pyridine rings is 1. The van der Waals surface area contributed by atoms with Gasteiger partial charge >= 0.3 is 5.97 Å². The van der Waals surface area contributed by atoms with E-state index in [4.69, 9.17) is 9.47 Å². The van der Waals surface area contributed by atoms with Crippen LogP contribution in [-0.2, 0) is 9.53 Å². The lowest BCUT2D eigenvalue weighted by atomic mass is 9.76. The number of carbonyl (C=O) groups is 1. The summed E-state index contributed by atoms with van der Waals surface area (Å²) in [5, 5.41) is 4.48. The number of hydrogen-bond acceptors (Lipinski definition) is 6. The number of nitrogens with zero attached hydrogens (tertiary/aromatic N) is 2. The van der Waals surface area contributed by atoms with Crippen molar-refractivity contribution in [2.45, 2.75) is 51.9 Å². The van der Waals surface area contributed by atoms with E-state index in [1.807, 2.05) is 24.3 Å². The fraction of sp³-hybridized carbons (Fsp3) is 0.471. The van der Waals surface area contributed by atoms with Gasteiger partial charge in [-0.15, -0.1) is 11.3 Å². The van der Waals surface area contributed by atoms with Gasteiger partial charge in [0, 0.05) is 27.9 Å². The summed E-state index contributed by atoms with van der Waals surface area (Å²) in [5.41, 5.74) is 1.65. The summed E-state index contributed by atoms with van der Waals surface area (Å²) in [6, 6.07) is 18.0. The van der Waals surface area contributed by atoms with Gasteiger partial charge in [-0.3, -0.25) is 14.1 Å². The second kappa shape index (κ2) is 14.0. The Kier molecular flexibility index (Phi) is 10.3. The summed E-state index contributed by atoms with van der Waals surface area (Å²) in [7, 11) is 0. The molecule has 1 aliphatic carbocycles. The molecule has 2 aromatic heterocycles. The molecule has 0 spiro atoms. The number of fused-ring (bicyclic) bond motifs is 2. The number of rotatable bonds is 10. The molecule has 3 heterocycles. The first-order chi connectivity index (χ1) is 20.4. The number of benzene rings is 2. The Morgan fingerprint density at radius 3 is 2.63 bits per heavy atom. The Bertz CT molecular complexity index is 1590. The Labute approximate surface area is 274 Å². The van der Waals surface area contributed by atoms with Gasteiger partial charge in [0.15, 0.2) is 0 Å². The summed E-state index contributed by atoms with van der Waals surface area (Å²) in [4.78, 5) is 30.3. The van der Waals surface area contributed by atoms with E-state index in [1.165, 1.54) is 28.3 Å². The van der Waals surface area contributed by atoms with E-state index in [9.17, 15) is 9.59 Å². The minimum Gasteiger partial charge on any atom is -1.00 e. The van der Waals surface area contributed by atoms with Gasteiger partial charge in [0.1, 0.15) is 5.75 Å². The number of nitrogens with one attached hydrogen (secondary N) is 1. The van der Waals surface area contributed by atoms with Crippen LogP contribution in [-0.4, -0.2) is 61.5 Å². The standard InChI is InChI=1S/C34H41N3O4S.HI/c1-34(15-3-2-4-16-34)33(39)41-25-37(20-17-36(18-21-37)30-8-7-9-31-28(30)14-23-42-31)19-5-6-22-40-27-12-10-26-11-13-32(38)35-29(26)24-27;/h7-14,23-24H,2-6,15-22,25H2,1H3;1H. The number of esters is 1. The van der Waals surface area contributed by atoms with Crippen LogP contribution in [0.5, 0.6) is 5.75 Å². The maximum absolute atomic E-state index is 13.3. The van der Waals surface area contributed by atoms with Crippen LogP contribution in [0.3, 0.4) is 0 Å². The molecule has 2 fully saturated rings. The van der Waals surface area contributed by atoms with Crippen LogP contribution in [0.4, 0.5) is 5.69 Å². The van der Waals surface area contributed by atoms with Gasteiger partial charge in [-0.2, -0.15) is 0 Å². The third-order valence-corrected chi connectivity index (χ3v) is 10.3. The van der Waals surface area contributed by atoms with Gasteiger partial charge in [-0.05, 0) is 79.8 Å². The van der Waals surface area contributed by atoms with E-state index in [-0.39, 0.29) is 40.9 Å². The lowest BCUT2D eigenvalue weighted by Gasteiger charge is -2.45. The first-order valence-corrected chi connectivity index (χ1v) is 16.3. The molecular formula is C34H42IN3O4S. The highest BCUT2D eigenvalue weighted by Crippen LogP contribution is 2.37. The van der Waals surface area contributed by atoms with Crippen LogP contribution in [0.25, 0.3) is 21.0 Å². The number of hydrogen-bond donors (Lipinski definition) is 1. The molecule has 9 heteroatoms. The molecular weight excluding hydrogens is 673 g/mol. The number of carbonyl (C=O) groups excluding carboxylic acids is 1. The van der Waals surface area contributed by atoms with Gasteiger partial charge in [0.05, 0.1) is 50.3 Å². The summed E-state index contributed by atoms with van der Waals surface area (Å²) in [5.74, 6) is 0.752. The summed E-state index contributed by atoms with van der Waals surface area (Å²) < 4.78 is 14.3. The fourth-order valence-corrected chi connectivity index (χ4v) is 7.47. The number of quaternary nitrogens is 1. The predicted octanol–water partition coefficient (Wildman–Crippen LogP) is 3.71. The molecule has 0 bridgehead atoms. The number of anilines is 1. The molecule has 6 rings (SSSR count). The summed E-state index contributed by atoms with van der Waals surface area (Å²) in [6.45, 7) is 7.88. The maximum Gasteiger partial charge on any atom is 0.316 e. The minimum atomic E-state index is -0.337. The molecule has 0 atom stereocenters. The number of halogens is 1. The topological polar surface area (TPSA) is 71.6 Å². The number of ether oxygens (including phenoxy) is 2. The Hall–Kier alpha value is -2.63. The second-order valence-electron chi connectivity index (χ2n) is 12.4. The quantitative estimate of drug-likeness (QED) is 0.118. The normalized spacial score (nSPS) is 17.8. The molecule has 43 heavy (non-hydrogen) atoms. The predicted molar refractivity (Wildman–Crippen MR) is 170 cm³/mol. The van der Waals surface area contributed by atoms with E-state index < -0.39 is 0 Å². The first kappa shape index (κ1) is 31.8. The molecule has 1 aliphatic heterocycles. The first-order valence-electron chi connectivity index (χ1n) is 15.4. The zero-order chi connectivity index (χ0) is 29.0. The van der Waals surface area contributed by atoms with Crippen molar-refractivity contribution in [2.24, 2.45) is 5.41 Å². The minimum absolute atomic E-state index is 0. The highest BCUT2D eigenvalue weighted by molar-refractivity contribution is 7.17. The number of aromatic amines is 1. The largest absolute Gasteiger partial charge is 1.00 e. The maximum atomic E-state index is 13.3. The average molecular weight is 716 g/mol. The number of H-pyrrole nitrogens is 1. The van der Waals surface area contributed by atoms with Crippen LogP contribution in [0.1, 0.15) is 51.9 Å². The van der Waals surface area contributed by atoms with Crippen LogP contribution in [0, 0.1) is 5.41 Å². The van der Waals surface area contributed by atoms with E-state index >= 15 is 0 Å². The summed E-state index contributed by atoms with van der Waals surface area (Å²) >= 11 is 1.79. The van der Waals surface area contributed by atoms with Crippen LogP contribution in [0.2, 0.25) is 0 Å². The third kappa shape index (κ3) is 7.37. The molecule has 230 valence electrons. The van der Waals surface area contributed by atoms with Gasteiger partial charge in [0.2, 0.25) is 12.3 Å². The monoisotopic (exact) mass is 715 g/mol. The highest BCUT2D eigenvalue weighted by atomic mass is 127. The molecule has 4 aromatic rings. The van der Waals surface area contributed by atoms with E-state index in [0.717, 1.165) is 92.4 Å². The molecule has 0 unspecified atom stereocenters. The van der Waals surface area contributed by atoms with Crippen molar-refractivity contribution in [1.29, 1.82) is 0 Å². The van der Waals surface area contributed by atoms with Crippen molar-refractivity contribution in [3.8, 4) is 5.75 Å². The van der Waals surface area contributed by atoms with Gasteiger partial charge < -0.3 is 43.3 Å². The van der Waals surface area contributed by atoms with Crippen molar-refractivity contribution in [1.82, 2.24) is 4.98 Å². The SMILES string of the molecule is CC1(C(=O)OC[N+]2(CCCCOc3ccc4ccc(=O)[nH]c4c3)CCN(c3cccc4sccc34)CC2)CCCCC1.[I-]. The lowest BCUT2D eigenvalue weighted by molar-refractivity contribution is -0.944. The molecule has 1 saturated carbocycles. The molecule has 2 aromatic carbocycles. The molecule has 1 saturated heterocycles. The van der Waals surface area contributed by atoms with E-state index in [1.54, 1.807) is 11.3 Å². The fourth-order valence-electron chi connectivity index (χ4n) is 6.67. The smallest absolute Gasteiger partial charge is 0.316 e. The summed E-state index contributed by atoms with van der Waals surface area (Å²) in [6.07, 6.45) is 7.21. The molecule has 1 N–H and O–H groups in total. The zero-order valence-electron chi connectivity index (χ0n) is 25.0. The number of unbranched alkanes of at least 4 members (excludes halogenated alkanes) is 1. The van der Waals surface area contributed by atoms with Gasteiger partial charge in [0.25, 0.3) is 0 Å². The van der Waals surface area contributed by atoms with E-state index in [2.05, 4.69) is 46.5 Å². The van der Waals surface area contributed by atoms with Gasteiger partial charge in [-0.25, -0.2) is 0 Å². The number of thiophene rings is 1. The van der Waals surface area contributed by atoms with E-state index in [0.29, 0.717) is 13.3 Å². The van der Waals surface area contributed by atoms with Crippen molar-refractivity contribution in [2.75, 3.05) is 51.0 Å². The van der Waals surface area contributed by atoms with Crippen LogP contribution in [0.15, 0.2) is 64.8 Å². The Morgan fingerprint density at radius 1 is 1.02 bits per heavy atom. The molecule has 7 nitrogen and oxygen atoms in total. The van der Waals surface area contributed by atoms with Crippen LogP contribution >= 0.6 is 11.3 Å². The Balaban J connectivity index is 0.00000368. The van der Waals surface area contributed by atoms with Crippen molar-refractivity contribution >= 4 is 44.0 Å². The number of piperazine rings is 1. The third-order valence-electron chi connectivity index (χ3n) is 9.41. The average Bonchev–Trinajstić information content (AvgIpc) is 3.50. The highest BCUT2D eigenvalue weighted by Gasteiger charge is 2.39. The lowest BCUT2D eigenvalue weighted by Crippen LogP contribution is -3.00. The molecule has 0 radical (unpaired) electrons. The van der Waals surface area contributed by atoms with Gasteiger partial charge in [-0.1, -0.05) is 25.3 Å². The van der Waals surface area contributed by atoms with Crippen molar-refractivity contribution in [3.63, 3.8) is 0 Å². The van der Waals surface area contributed by atoms with Crippen molar-refractivity contribution < 1.29 is 42.7 Å². The van der Waals surface area contributed by atoms with Crippen LogP contribution < -0.4 is 39.2 Å². The molecule has 2 aliphatic rings.